The fourth-order valence-electron chi connectivity index (χ4n) is 3.78. The molecule has 3 heterocycles. The number of anilines is 2. The molecule has 160 valence electrons. The Kier molecular flexibility index (Phi) is 5.76. The molecule has 1 saturated heterocycles. The molecule has 2 atom stereocenters. The largest absolute Gasteiger partial charge is 0.394 e. The third kappa shape index (κ3) is 4.38. The summed E-state index contributed by atoms with van der Waals surface area (Å²) in [6.45, 7) is 3.58. The number of hydrogen-bond acceptors (Lipinski definition) is 10. The molecule has 0 unspecified atom stereocenters. The number of aromatic nitrogens is 3. The van der Waals surface area contributed by atoms with Crippen molar-refractivity contribution in [1.82, 2.24) is 14.5 Å². The maximum absolute atomic E-state index is 12.6. The van der Waals surface area contributed by atoms with Gasteiger partial charge in [0.25, 0.3) is 0 Å². The van der Waals surface area contributed by atoms with Crippen molar-refractivity contribution >= 4 is 33.5 Å². The topological polar surface area (TPSA) is 134 Å². The lowest BCUT2D eigenvalue weighted by Gasteiger charge is -2.23. The monoisotopic (exact) mass is 425 g/mol. The van der Waals surface area contributed by atoms with E-state index in [9.17, 15) is 9.90 Å². The number of rotatable bonds is 7. The highest BCUT2D eigenvalue weighted by atomic mass is 32.1. The molecule has 0 spiro atoms. The maximum Gasteiger partial charge on any atom is 0.311 e. The van der Waals surface area contributed by atoms with Crippen molar-refractivity contribution in [2.75, 3.05) is 24.3 Å². The minimum absolute atomic E-state index is 0.0797. The van der Waals surface area contributed by atoms with Gasteiger partial charge in [0, 0.05) is 6.04 Å². The molecule has 1 aliphatic carbocycles. The fourth-order valence-corrected chi connectivity index (χ4v) is 4.66. The first-order valence-electron chi connectivity index (χ1n) is 9.84. The van der Waals surface area contributed by atoms with Crippen LogP contribution >= 0.6 is 11.3 Å². The number of nitrogens with zero attached hydrogens (tertiary/aromatic N) is 3. The Morgan fingerprint density at radius 3 is 2.83 bits per heavy atom. The summed E-state index contributed by atoms with van der Waals surface area (Å²) in [6, 6.07) is 0.330. The predicted octanol–water partition coefficient (Wildman–Crippen LogP) is 1.28. The minimum Gasteiger partial charge on any atom is -0.394 e. The summed E-state index contributed by atoms with van der Waals surface area (Å²) in [5, 5.41) is 13.1. The number of nitrogens with two attached hydrogens (primary N) is 1. The normalized spacial score (nSPS) is 23.1. The van der Waals surface area contributed by atoms with Crippen molar-refractivity contribution in [3.63, 3.8) is 0 Å². The summed E-state index contributed by atoms with van der Waals surface area (Å²) < 4.78 is 19.2. The van der Waals surface area contributed by atoms with Crippen molar-refractivity contribution in [3.8, 4) is 0 Å². The zero-order valence-electron chi connectivity index (χ0n) is 16.6. The highest BCUT2D eigenvalue weighted by molar-refractivity contribution is 7.17. The lowest BCUT2D eigenvalue weighted by Crippen LogP contribution is -2.37. The zero-order valence-corrected chi connectivity index (χ0v) is 17.4. The molecule has 2 aromatic rings. The number of hydrogen-bond donors (Lipinski definition) is 3. The number of aliphatic hydroxyl groups is 1. The Bertz CT molecular complexity index is 923. The first-order valence-corrected chi connectivity index (χ1v) is 10.7. The minimum atomic E-state index is -0.726. The van der Waals surface area contributed by atoms with Crippen LogP contribution in [0.3, 0.4) is 0 Å². The van der Waals surface area contributed by atoms with Gasteiger partial charge in [-0.15, -0.1) is 0 Å². The molecule has 2 aromatic heterocycles. The summed E-state index contributed by atoms with van der Waals surface area (Å²) in [7, 11) is 0. The quantitative estimate of drug-likeness (QED) is 0.599. The Morgan fingerprint density at radius 2 is 2.17 bits per heavy atom. The lowest BCUT2D eigenvalue weighted by molar-refractivity contribution is -0.165. The van der Waals surface area contributed by atoms with Gasteiger partial charge in [-0.05, 0) is 26.7 Å². The van der Waals surface area contributed by atoms with E-state index in [1.807, 2.05) is 0 Å². The number of nitrogens with one attached hydrogen (secondary N) is 1. The van der Waals surface area contributed by atoms with Crippen LogP contribution in [0.1, 0.15) is 39.5 Å². The standard InChI is InChI=1S/C18H27N5O5S/c1-18(2)27-8-12(28-18)11(7-24)26-9-23-15-13(29-17(23)25)14(21-16(19)22-15)20-10-5-3-4-6-10/h10-12,24H,3-9H2,1-2H3,(H3,19,20,21,22)/t11-,12+/m1/s1. The average Bonchev–Trinajstić information content (AvgIpc) is 3.36. The van der Waals surface area contributed by atoms with E-state index in [-0.39, 0.29) is 24.2 Å². The first-order chi connectivity index (χ1) is 13.9. The number of ether oxygens (including phenoxy) is 3. The third-order valence-electron chi connectivity index (χ3n) is 5.27. The van der Waals surface area contributed by atoms with E-state index in [2.05, 4.69) is 15.3 Å². The molecule has 2 aliphatic rings. The van der Waals surface area contributed by atoms with E-state index in [1.165, 1.54) is 17.4 Å². The van der Waals surface area contributed by atoms with Crippen LogP contribution in [0.25, 0.3) is 10.3 Å². The zero-order chi connectivity index (χ0) is 20.6. The van der Waals surface area contributed by atoms with Gasteiger partial charge < -0.3 is 30.4 Å². The van der Waals surface area contributed by atoms with Gasteiger partial charge in [-0.1, -0.05) is 24.2 Å². The second kappa shape index (κ2) is 8.15. The molecule has 4 N–H and O–H groups in total. The van der Waals surface area contributed by atoms with Gasteiger partial charge in [0.15, 0.2) is 17.3 Å². The molecule has 1 saturated carbocycles. The van der Waals surface area contributed by atoms with Crippen LogP contribution in [-0.2, 0) is 20.9 Å². The van der Waals surface area contributed by atoms with Gasteiger partial charge >= 0.3 is 4.87 Å². The summed E-state index contributed by atoms with van der Waals surface area (Å²) in [4.78, 5) is 20.9. The molecule has 0 bridgehead atoms. The smallest absolute Gasteiger partial charge is 0.311 e. The molecule has 29 heavy (non-hydrogen) atoms. The van der Waals surface area contributed by atoms with Crippen molar-refractivity contribution < 1.29 is 19.3 Å². The van der Waals surface area contributed by atoms with E-state index in [1.54, 1.807) is 13.8 Å². The van der Waals surface area contributed by atoms with Crippen molar-refractivity contribution in [2.45, 2.75) is 70.3 Å². The summed E-state index contributed by atoms with van der Waals surface area (Å²) in [5.74, 6) is -0.0404. The highest BCUT2D eigenvalue weighted by Crippen LogP contribution is 2.29. The van der Waals surface area contributed by atoms with Crippen LogP contribution in [0.2, 0.25) is 0 Å². The molecule has 11 heteroatoms. The van der Waals surface area contributed by atoms with E-state index >= 15 is 0 Å². The summed E-state index contributed by atoms with van der Waals surface area (Å²) in [6.07, 6.45) is 3.45. The molecule has 0 aromatic carbocycles. The van der Waals surface area contributed by atoms with E-state index in [0.29, 0.717) is 28.8 Å². The molecule has 1 aliphatic heterocycles. The highest BCUT2D eigenvalue weighted by Gasteiger charge is 2.38. The lowest BCUT2D eigenvalue weighted by atomic mass is 10.2. The van der Waals surface area contributed by atoms with Gasteiger partial charge in [0.05, 0.1) is 13.2 Å². The number of aliphatic hydroxyl groups excluding tert-OH is 1. The SMILES string of the molecule is CC1(C)OC[C@@H]([C@@H](CO)OCn2c(=O)sc3c(NC4CCCC4)nc(N)nc32)O1. The van der Waals surface area contributed by atoms with E-state index < -0.39 is 18.0 Å². The molecule has 0 amide bonds. The van der Waals surface area contributed by atoms with Crippen LogP contribution in [0.4, 0.5) is 11.8 Å². The van der Waals surface area contributed by atoms with E-state index in [0.717, 1.165) is 24.2 Å². The van der Waals surface area contributed by atoms with Crippen LogP contribution in [0, 0.1) is 0 Å². The van der Waals surface area contributed by atoms with Gasteiger partial charge in [0.2, 0.25) is 5.95 Å². The number of fused-ring (bicyclic) bond motifs is 1. The first kappa shape index (κ1) is 20.5. The molecule has 0 radical (unpaired) electrons. The van der Waals surface area contributed by atoms with Crippen LogP contribution < -0.4 is 15.9 Å². The molecule has 10 nitrogen and oxygen atoms in total. The van der Waals surface area contributed by atoms with Crippen molar-refractivity contribution in [3.05, 3.63) is 9.67 Å². The molecular weight excluding hydrogens is 398 g/mol. The summed E-state index contributed by atoms with van der Waals surface area (Å²) in [5.41, 5.74) is 6.32. The summed E-state index contributed by atoms with van der Waals surface area (Å²) >= 11 is 1.05. The van der Waals surface area contributed by atoms with Crippen molar-refractivity contribution in [2.24, 2.45) is 0 Å². The van der Waals surface area contributed by atoms with Crippen molar-refractivity contribution in [1.29, 1.82) is 0 Å². The number of nitrogen functional groups attached to an aromatic ring is 1. The fraction of sp³-hybridized carbons (Fsp3) is 0.722. The molecule has 2 fully saturated rings. The van der Waals surface area contributed by atoms with Crippen LogP contribution in [-0.4, -0.2) is 56.9 Å². The van der Waals surface area contributed by atoms with Gasteiger partial charge in [-0.2, -0.15) is 9.97 Å². The third-order valence-corrected chi connectivity index (χ3v) is 6.24. The van der Waals surface area contributed by atoms with Gasteiger partial charge in [-0.25, -0.2) is 0 Å². The molecule has 4 rings (SSSR count). The van der Waals surface area contributed by atoms with Gasteiger partial charge in [0.1, 0.15) is 23.6 Å². The Morgan fingerprint density at radius 1 is 1.41 bits per heavy atom. The molecular formula is C18H27N5O5S. The predicted molar refractivity (Wildman–Crippen MR) is 109 cm³/mol. The van der Waals surface area contributed by atoms with Crippen LogP contribution in [0.15, 0.2) is 4.79 Å². The Hall–Kier alpha value is -1.79. The maximum atomic E-state index is 12.6. The average molecular weight is 426 g/mol. The van der Waals surface area contributed by atoms with Crippen LogP contribution in [0.5, 0.6) is 0 Å². The Labute approximate surface area is 172 Å². The van der Waals surface area contributed by atoms with Gasteiger partial charge in [-0.3, -0.25) is 9.36 Å². The second-order valence-corrected chi connectivity index (χ2v) is 8.85. The Balaban J connectivity index is 1.55. The van der Waals surface area contributed by atoms with E-state index in [4.69, 9.17) is 19.9 Å². The second-order valence-electron chi connectivity index (χ2n) is 7.89. The number of thiazole rings is 1.